The van der Waals surface area contributed by atoms with E-state index in [0.717, 1.165) is 32.4 Å². The van der Waals surface area contributed by atoms with E-state index in [0.29, 0.717) is 25.6 Å². The van der Waals surface area contributed by atoms with E-state index in [1.165, 1.54) is 19.3 Å². The van der Waals surface area contributed by atoms with Crippen molar-refractivity contribution >= 4 is 11.9 Å². The van der Waals surface area contributed by atoms with Crippen LogP contribution in [0.1, 0.15) is 51.9 Å². The third-order valence-corrected chi connectivity index (χ3v) is 4.51. The zero-order valence-electron chi connectivity index (χ0n) is 13.1. The standard InChI is InChI=1S/C16H28N2O3/c1-2-21-16(20)13-6-5-11-18(12-13)15(19)9-8-14-7-3-4-10-17-14/h13-14,17H,2-12H2,1H3. The Labute approximate surface area is 127 Å². The third kappa shape index (κ3) is 4.99. The van der Waals surface area contributed by atoms with Crippen molar-refractivity contribution in [3.8, 4) is 0 Å². The summed E-state index contributed by atoms with van der Waals surface area (Å²) < 4.78 is 5.08. The zero-order chi connectivity index (χ0) is 15.1. The number of amides is 1. The molecule has 0 aromatic rings. The van der Waals surface area contributed by atoms with Crippen LogP contribution in [0.15, 0.2) is 0 Å². The Balaban J connectivity index is 1.74. The Bertz CT molecular complexity index is 353. The third-order valence-electron chi connectivity index (χ3n) is 4.51. The highest BCUT2D eigenvalue weighted by Gasteiger charge is 2.29. The van der Waals surface area contributed by atoms with Crippen molar-refractivity contribution in [2.45, 2.75) is 57.9 Å². The fraction of sp³-hybridized carbons (Fsp3) is 0.875. The first-order chi connectivity index (χ1) is 10.2. The Morgan fingerprint density at radius 3 is 2.81 bits per heavy atom. The van der Waals surface area contributed by atoms with Crippen LogP contribution >= 0.6 is 0 Å². The number of esters is 1. The average Bonchev–Trinajstić information content (AvgIpc) is 2.54. The van der Waals surface area contributed by atoms with E-state index < -0.39 is 0 Å². The van der Waals surface area contributed by atoms with Crippen LogP contribution in [-0.4, -0.2) is 49.1 Å². The molecule has 0 spiro atoms. The molecule has 5 nitrogen and oxygen atoms in total. The van der Waals surface area contributed by atoms with Crippen molar-refractivity contribution in [2.24, 2.45) is 5.92 Å². The van der Waals surface area contributed by atoms with Crippen LogP contribution in [0.5, 0.6) is 0 Å². The monoisotopic (exact) mass is 296 g/mol. The molecule has 2 unspecified atom stereocenters. The maximum atomic E-state index is 12.3. The first kappa shape index (κ1) is 16.3. The molecule has 1 amide bonds. The van der Waals surface area contributed by atoms with Crippen LogP contribution in [0.3, 0.4) is 0 Å². The Kier molecular flexibility index (Phi) is 6.49. The fourth-order valence-corrected chi connectivity index (χ4v) is 3.28. The highest BCUT2D eigenvalue weighted by atomic mass is 16.5. The lowest BCUT2D eigenvalue weighted by molar-refractivity contribution is -0.151. The van der Waals surface area contributed by atoms with Gasteiger partial charge < -0.3 is 15.0 Å². The number of piperidine rings is 2. The van der Waals surface area contributed by atoms with Crippen molar-refractivity contribution in [1.82, 2.24) is 10.2 Å². The number of ether oxygens (including phenoxy) is 1. The molecule has 21 heavy (non-hydrogen) atoms. The zero-order valence-corrected chi connectivity index (χ0v) is 13.1. The minimum Gasteiger partial charge on any atom is -0.466 e. The number of likely N-dealkylation sites (tertiary alicyclic amines) is 1. The largest absolute Gasteiger partial charge is 0.466 e. The van der Waals surface area contributed by atoms with Gasteiger partial charge in [0.2, 0.25) is 5.91 Å². The van der Waals surface area contributed by atoms with E-state index >= 15 is 0 Å². The molecular weight excluding hydrogens is 268 g/mol. The van der Waals surface area contributed by atoms with Gasteiger partial charge in [0.25, 0.3) is 0 Å². The van der Waals surface area contributed by atoms with E-state index in [2.05, 4.69) is 5.32 Å². The molecule has 2 fully saturated rings. The van der Waals surface area contributed by atoms with Crippen molar-refractivity contribution in [1.29, 1.82) is 0 Å². The summed E-state index contributed by atoms with van der Waals surface area (Å²) in [6, 6.07) is 0.494. The molecule has 2 aliphatic heterocycles. The maximum absolute atomic E-state index is 12.3. The number of nitrogens with one attached hydrogen (secondary N) is 1. The summed E-state index contributed by atoms with van der Waals surface area (Å²) in [5.41, 5.74) is 0. The van der Waals surface area contributed by atoms with E-state index in [1.807, 2.05) is 11.8 Å². The van der Waals surface area contributed by atoms with Gasteiger partial charge in [-0.2, -0.15) is 0 Å². The minimum absolute atomic E-state index is 0.129. The molecule has 0 bridgehead atoms. The smallest absolute Gasteiger partial charge is 0.310 e. The predicted octanol–water partition coefficient (Wildman–Crippen LogP) is 1.71. The average molecular weight is 296 g/mol. The summed E-state index contributed by atoms with van der Waals surface area (Å²) >= 11 is 0. The van der Waals surface area contributed by atoms with Crippen LogP contribution < -0.4 is 5.32 Å². The molecule has 5 heteroatoms. The van der Waals surface area contributed by atoms with Gasteiger partial charge in [0.1, 0.15) is 0 Å². The highest BCUT2D eigenvalue weighted by molar-refractivity contribution is 5.78. The number of carbonyl (C=O) groups excluding carboxylic acids is 2. The van der Waals surface area contributed by atoms with E-state index in [-0.39, 0.29) is 17.8 Å². The molecule has 0 radical (unpaired) electrons. The number of carbonyl (C=O) groups is 2. The molecule has 0 saturated carbocycles. The second-order valence-electron chi connectivity index (χ2n) is 6.12. The van der Waals surface area contributed by atoms with Crippen LogP contribution in [0, 0.1) is 5.92 Å². The van der Waals surface area contributed by atoms with Crippen molar-refractivity contribution < 1.29 is 14.3 Å². The summed E-state index contributed by atoms with van der Waals surface area (Å²) in [4.78, 5) is 26.0. The van der Waals surface area contributed by atoms with E-state index in [4.69, 9.17) is 4.74 Å². The molecule has 2 heterocycles. The van der Waals surface area contributed by atoms with Gasteiger partial charge in [0.15, 0.2) is 0 Å². The molecule has 2 aliphatic rings. The Hall–Kier alpha value is -1.10. The maximum Gasteiger partial charge on any atom is 0.310 e. The van der Waals surface area contributed by atoms with Crippen LogP contribution in [0.4, 0.5) is 0 Å². The molecule has 120 valence electrons. The molecular formula is C16H28N2O3. The normalized spacial score (nSPS) is 26.4. The summed E-state index contributed by atoms with van der Waals surface area (Å²) in [5, 5.41) is 3.48. The van der Waals surface area contributed by atoms with Gasteiger partial charge >= 0.3 is 5.97 Å². The van der Waals surface area contributed by atoms with Gasteiger partial charge in [-0.25, -0.2) is 0 Å². The second kappa shape index (κ2) is 8.37. The van der Waals surface area contributed by atoms with E-state index in [1.54, 1.807) is 0 Å². The first-order valence-corrected chi connectivity index (χ1v) is 8.38. The number of hydrogen-bond acceptors (Lipinski definition) is 4. The summed E-state index contributed by atoms with van der Waals surface area (Å²) in [7, 11) is 0. The van der Waals surface area contributed by atoms with Gasteiger partial charge in [0.05, 0.1) is 12.5 Å². The first-order valence-electron chi connectivity index (χ1n) is 8.38. The lowest BCUT2D eigenvalue weighted by atomic mass is 9.96. The number of nitrogens with zero attached hydrogens (tertiary/aromatic N) is 1. The van der Waals surface area contributed by atoms with Crippen molar-refractivity contribution in [3.05, 3.63) is 0 Å². The van der Waals surface area contributed by atoms with Gasteiger partial charge in [0, 0.05) is 25.6 Å². The topological polar surface area (TPSA) is 58.6 Å². The SMILES string of the molecule is CCOC(=O)C1CCCN(C(=O)CCC2CCCCN2)C1. The second-order valence-corrected chi connectivity index (χ2v) is 6.12. The molecule has 0 aromatic heterocycles. The molecule has 2 atom stereocenters. The van der Waals surface area contributed by atoms with Crippen LogP contribution in [-0.2, 0) is 14.3 Å². The Morgan fingerprint density at radius 1 is 1.24 bits per heavy atom. The number of hydrogen-bond donors (Lipinski definition) is 1. The van der Waals surface area contributed by atoms with Crippen molar-refractivity contribution in [2.75, 3.05) is 26.2 Å². The summed E-state index contributed by atoms with van der Waals surface area (Å²) in [6.45, 7) is 4.63. The van der Waals surface area contributed by atoms with Crippen LogP contribution in [0.2, 0.25) is 0 Å². The fourth-order valence-electron chi connectivity index (χ4n) is 3.28. The molecule has 0 aromatic carbocycles. The van der Waals surface area contributed by atoms with Gasteiger partial charge in [-0.1, -0.05) is 6.42 Å². The van der Waals surface area contributed by atoms with Crippen LogP contribution in [0.25, 0.3) is 0 Å². The molecule has 0 aliphatic carbocycles. The summed E-state index contributed by atoms with van der Waals surface area (Å²) in [6.07, 6.45) is 6.94. The highest BCUT2D eigenvalue weighted by Crippen LogP contribution is 2.20. The van der Waals surface area contributed by atoms with E-state index in [9.17, 15) is 9.59 Å². The Morgan fingerprint density at radius 2 is 2.10 bits per heavy atom. The summed E-state index contributed by atoms with van der Waals surface area (Å²) in [5.74, 6) is -0.0872. The van der Waals surface area contributed by atoms with Crippen molar-refractivity contribution in [3.63, 3.8) is 0 Å². The lowest BCUT2D eigenvalue weighted by Crippen LogP contribution is -2.43. The predicted molar refractivity (Wildman–Crippen MR) is 80.8 cm³/mol. The number of rotatable bonds is 5. The lowest BCUT2D eigenvalue weighted by Gasteiger charge is -2.32. The molecule has 2 saturated heterocycles. The minimum atomic E-state index is -0.149. The van der Waals surface area contributed by atoms with Gasteiger partial charge in [-0.05, 0) is 45.6 Å². The molecule has 1 N–H and O–H groups in total. The molecule has 2 rings (SSSR count). The van der Waals surface area contributed by atoms with Gasteiger partial charge in [-0.15, -0.1) is 0 Å². The van der Waals surface area contributed by atoms with Gasteiger partial charge in [-0.3, -0.25) is 9.59 Å². The quantitative estimate of drug-likeness (QED) is 0.785.